The molecular formula is C19H18ClN3O2. The molecule has 3 aromatic rings. The van der Waals surface area contributed by atoms with Crippen molar-refractivity contribution in [2.24, 2.45) is 7.05 Å². The van der Waals surface area contributed by atoms with Gasteiger partial charge in [0.05, 0.1) is 6.54 Å². The van der Waals surface area contributed by atoms with Gasteiger partial charge in [-0.15, -0.1) is 0 Å². The Morgan fingerprint density at radius 2 is 1.76 bits per heavy atom. The number of rotatable bonds is 4. The Morgan fingerprint density at radius 1 is 1.04 bits per heavy atom. The maximum atomic E-state index is 12.6. The first-order chi connectivity index (χ1) is 12.0. The summed E-state index contributed by atoms with van der Waals surface area (Å²) in [4.78, 5) is 24.7. The van der Waals surface area contributed by atoms with Gasteiger partial charge in [0.25, 0.3) is 5.56 Å². The highest BCUT2D eigenvalue weighted by molar-refractivity contribution is 6.31. The minimum Gasteiger partial charge on any atom is -0.341 e. The van der Waals surface area contributed by atoms with Gasteiger partial charge in [0, 0.05) is 23.8 Å². The fourth-order valence-corrected chi connectivity index (χ4v) is 2.75. The molecule has 0 bridgehead atoms. The number of hydrogen-bond donors (Lipinski definition) is 1. The smallest absolute Gasteiger partial charge is 0.332 e. The summed E-state index contributed by atoms with van der Waals surface area (Å²) in [6, 6.07) is 16.5. The van der Waals surface area contributed by atoms with E-state index in [0.717, 1.165) is 21.4 Å². The molecular weight excluding hydrogens is 338 g/mol. The number of nitrogens with one attached hydrogen (secondary N) is 1. The van der Waals surface area contributed by atoms with Crippen LogP contribution >= 0.6 is 11.6 Å². The highest BCUT2D eigenvalue weighted by Crippen LogP contribution is 2.25. The number of aromatic nitrogens is 2. The van der Waals surface area contributed by atoms with Crippen molar-refractivity contribution in [1.82, 2.24) is 9.13 Å². The molecule has 1 aromatic heterocycles. The quantitative estimate of drug-likeness (QED) is 0.781. The Bertz CT molecular complexity index is 1020. The van der Waals surface area contributed by atoms with Gasteiger partial charge < -0.3 is 5.32 Å². The second-order valence-electron chi connectivity index (χ2n) is 5.82. The number of anilines is 2. The van der Waals surface area contributed by atoms with Crippen LogP contribution in [0.15, 0.2) is 64.2 Å². The molecule has 2 aromatic carbocycles. The number of halogens is 1. The molecule has 128 valence electrons. The Morgan fingerprint density at radius 3 is 2.48 bits per heavy atom. The molecule has 1 N–H and O–H groups in total. The SMILES string of the molecule is Cc1c(Cl)cccc1Nc1cc(=O)n(C)c(=O)n1Cc1ccccc1. The second-order valence-corrected chi connectivity index (χ2v) is 6.23. The van der Waals surface area contributed by atoms with Crippen molar-refractivity contribution >= 4 is 23.1 Å². The lowest BCUT2D eigenvalue weighted by atomic mass is 10.2. The van der Waals surface area contributed by atoms with Crippen molar-refractivity contribution in [2.75, 3.05) is 5.32 Å². The molecule has 1 heterocycles. The maximum Gasteiger partial charge on any atom is 0.332 e. The monoisotopic (exact) mass is 355 g/mol. The molecule has 3 rings (SSSR count). The van der Waals surface area contributed by atoms with E-state index in [0.29, 0.717) is 17.4 Å². The molecule has 0 aliphatic rings. The lowest BCUT2D eigenvalue weighted by Gasteiger charge is -2.17. The summed E-state index contributed by atoms with van der Waals surface area (Å²) < 4.78 is 2.63. The largest absolute Gasteiger partial charge is 0.341 e. The first kappa shape index (κ1) is 17.0. The van der Waals surface area contributed by atoms with Crippen LogP contribution in [-0.4, -0.2) is 9.13 Å². The molecule has 0 radical (unpaired) electrons. The predicted octanol–water partition coefficient (Wildman–Crippen LogP) is 3.30. The first-order valence-electron chi connectivity index (χ1n) is 7.84. The van der Waals surface area contributed by atoms with E-state index >= 15 is 0 Å². The van der Waals surface area contributed by atoms with Gasteiger partial charge in [-0.25, -0.2) is 4.79 Å². The number of benzene rings is 2. The first-order valence-corrected chi connectivity index (χ1v) is 8.22. The van der Waals surface area contributed by atoms with Crippen molar-refractivity contribution in [3.63, 3.8) is 0 Å². The molecule has 0 fully saturated rings. The Kier molecular flexibility index (Phi) is 4.76. The van der Waals surface area contributed by atoms with Crippen molar-refractivity contribution in [3.05, 3.63) is 91.6 Å². The molecule has 6 heteroatoms. The molecule has 25 heavy (non-hydrogen) atoms. The topological polar surface area (TPSA) is 56.0 Å². The molecule has 0 aliphatic heterocycles. The van der Waals surface area contributed by atoms with Crippen LogP contribution in [0.3, 0.4) is 0 Å². The van der Waals surface area contributed by atoms with Gasteiger partial charge in [0.15, 0.2) is 0 Å². The Labute approximate surface area is 150 Å². The van der Waals surface area contributed by atoms with Crippen molar-refractivity contribution < 1.29 is 0 Å². The minimum absolute atomic E-state index is 0.357. The van der Waals surface area contributed by atoms with Crippen LogP contribution in [0, 0.1) is 6.92 Å². The fraction of sp³-hybridized carbons (Fsp3) is 0.158. The molecule has 0 atom stereocenters. The van der Waals surface area contributed by atoms with E-state index < -0.39 is 0 Å². The summed E-state index contributed by atoms with van der Waals surface area (Å²) in [6.07, 6.45) is 0. The Balaban J connectivity index is 2.10. The minimum atomic E-state index is -0.376. The van der Waals surface area contributed by atoms with Crippen LogP contribution in [0.1, 0.15) is 11.1 Å². The van der Waals surface area contributed by atoms with Crippen molar-refractivity contribution in [2.45, 2.75) is 13.5 Å². The molecule has 0 saturated heterocycles. The maximum absolute atomic E-state index is 12.6. The zero-order chi connectivity index (χ0) is 18.0. The van der Waals surface area contributed by atoms with E-state index in [2.05, 4.69) is 5.32 Å². The van der Waals surface area contributed by atoms with Crippen LogP contribution in [0.4, 0.5) is 11.5 Å². The van der Waals surface area contributed by atoms with Gasteiger partial charge >= 0.3 is 5.69 Å². The lowest BCUT2D eigenvalue weighted by Crippen LogP contribution is -2.38. The second kappa shape index (κ2) is 6.99. The van der Waals surface area contributed by atoms with Crippen LogP contribution in [0.25, 0.3) is 0 Å². The summed E-state index contributed by atoms with van der Waals surface area (Å²) in [7, 11) is 1.47. The van der Waals surface area contributed by atoms with E-state index in [9.17, 15) is 9.59 Å². The van der Waals surface area contributed by atoms with Gasteiger partial charge in [-0.3, -0.25) is 13.9 Å². The standard InChI is InChI=1S/C19H18ClN3O2/c1-13-15(20)9-6-10-16(13)21-17-11-18(24)22(2)19(25)23(17)12-14-7-4-3-5-8-14/h3-11,21H,12H2,1-2H3. The van der Waals surface area contributed by atoms with E-state index in [1.807, 2.05) is 49.4 Å². The van der Waals surface area contributed by atoms with Crippen LogP contribution in [0.5, 0.6) is 0 Å². The summed E-state index contributed by atoms with van der Waals surface area (Å²) in [5.74, 6) is 0.433. The number of hydrogen-bond acceptors (Lipinski definition) is 3. The van der Waals surface area contributed by atoms with Crippen molar-refractivity contribution in [1.29, 1.82) is 0 Å². The molecule has 5 nitrogen and oxygen atoms in total. The number of nitrogens with zero attached hydrogens (tertiary/aromatic N) is 2. The van der Waals surface area contributed by atoms with E-state index in [1.165, 1.54) is 17.7 Å². The van der Waals surface area contributed by atoms with Gasteiger partial charge in [-0.1, -0.05) is 48.0 Å². The molecule has 0 unspecified atom stereocenters. The fourth-order valence-electron chi connectivity index (χ4n) is 2.57. The molecule has 0 amide bonds. The zero-order valence-electron chi connectivity index (χ0n) is 14.0. The predicted molar refractivity (Wildman–Crippen MR) is 101 cm³/mol. The third-order valence-corrected chi connectivity index (χ3v) is 4.52. The van der Waals surface area contributed by atoms with Gasteiger partial charge in [-0.05, 0) is 30.2 Å². The van der Waals surface area contributed by atoms with E-state index in [-0.39, 0.29) is 11.2 Å². The van der Waals surface area contributed by atoms with Crippen LogP contribution in [-0.2, 0) is 13.6 Å². The Hall–Kier alpha value is -2.79. The highest BCUT2D eigenvalue weighted by Gasteiger charge is 2.11. The zero-order valence-corrected chi connectivity index (χ0v) is 14.7. The molecule has 0 aliphatic carbocycles. The van der Waals surface area contributed by atoms with Crippen LogP contribution < -0.4 is 16.6 Å². The third kappa shape index (κ3) is 3.51. The highest BCUT2D eigenvalue weighted by atomic mass is 35.5. The van der Waals surface area contributed by atoms with E-state index in [1.54, 1.807) is 6.07 Å². The summed E-state index contributed by atoms with van der Waals surface area (Å²) >= 11 is 6.16. The van der Waals surface area contributed by atoms with Gasteiger partial charge in [-0.2, -0.15) is 0 Å². The average molecular weight is 356 g/mol. The average Bonchev–Trinajstić information content (AvgIpc) is 2.61. The summed E-state index contributed by atoms with van der Waals surface area (Å²) in [6.45, 7) is 2.24. The van der Waals surface area contributed by atoms with Gasteiger partial charge in [0.1, 0.15) is 5.82 Å². The molecule has 0 saturated carbocycles. The van der Waals surface area contributed by atoms with Crippen molar-refractivity contribution in [3.8, 4) is 0 Å². The normalized spacial score (nSPS) is 10.7. The van der Waals surface area contributed by atoms with E-state index in [4.69, 9.17) is 11.6 Å². The summed E-state index contributed by atoms with van der Waals surface area (Å²) in [5.41, 5.74) is 1.83. The van der Waals surface area contributed by atoms with Gasteiger partial charge in [0.2, 0.25) is 0 Å². The summed E-state index contributed by atoms with van der Waals surface area (Å²) in [5, 5.41) is 3.79. The van der Waals surface area contributed by atoms with Crippen LogP contribution in [0.2, 0.25) is 5.02 Å². The third-order valence-electron chi connectivity index (χ3n) is 4.11. The lowest BCUT2D eigenvalue weighted by molar-refractivity contribution is 0.653. The molecule has 0 spiro atoms.